The first-order valence-electron chi connectivity index (χ1n) is 10.7. The molecule has 2 N–H and O–H groups in total. The quantitative estimate of drug-likeness (QED) is 0.823. The molecule has 2 saturated heterocycles. The number of hydrogen-bond acceptors (Lipinski definition) is 4. The van der Waals surface area contributed by atoms with Crippen molar-refractivity contribution in [1.82, 2.24) is 20.4 Å². The predicted octanol–water partition coefficient (Wildman–Crippen LogP) is 1.42. The second kappa shape index (κ2) is 8.29. The van der Waals surface area contributed by atoms with Crippen LogP contribution in [0.5, 0.6) is 0 Å². The second-order valence-corrected chi connectivity index (χ2v) is 8.47. The van der Waals surface area contributed by atoms with Gasteiger partial charge in [0.05, 0.1) is 6.04 Å². The van der Waals surface area contributed by atoms with E-state index in [-0.39, 0.29) is 11.9 Å². The summed E-state index contributed by atoms with van der Waals surface area (Å²) in [6, 6.07) is 10.2. The summed E-state index contributed by atoms with van der Waals surface area (Å²) in [6.45, 7) is 6.79. The van der Waals surface area contributed by atoms with Crippen molar-refractivity contribution >= 4 is 5.91 Å². The average molecular weight is 371 g/mol. The number of fused-ring (bicyclic) bond motifs is 1. The van der Waals surface area contributed by atoms with Crippen LogP contribution in [-0.2, 0) is 17.6 Å². The van der Waals surface area contributed by atoms with E-state index in [4.69, 9.17) is 0 Å². The number of likely N-dealkylation sites (tertiary alicyclic amines) is 2. The Labute approximate surface area is 163 Å². The zero-order valence-electron chi connectivity index (χ0n) is 16.8. The Morgan fingerprint density at radius 3 is 2.37 bits per heavy atom. The number of rotatable bonds is 5. The van der Waals surface area contributed by atoms with Gasteiger partial charge in [0.1, 0.15) is 0 Å². The van der Waals surface area contributed by atoms with Gasteiger partial charge in [-0.15, -0.1) is 0 Å². The molecule has 27 heavy (non-hydrogen) atoms. The number of amides is 1. The Balaban J connectivity index is 1.40. The second-order valence-electron chi connectivity index (χ2n) is 8.47. The summed E-state index contributed by atoms with van der Waals surface area (Å²) in [5, 5.41) is 6.80. The fraction of sp³-hybridized carbons (Fsp3) is 0.682. The molecule has 1 aliphatic carbocycles. The van der Waals surface area contributed by atoms with Gasteiger partial charge in [-0.1, -0.05) is 31.2 Å². The van der Waals surface area contributed by atoms with Crippen molar-refractivity contribution in [3.8, 4) is 0 Å². The van der Waals surface area contributed by atoms with Gasteiger partial charge in [0.2, 0.25) is 5.91 Å². The van der Waals surface area contributed by atoms with Gasteiger partial charge in [-0.25, -0.2) is 0 Å². The lowest BCUT2D eigenvalue weighted by Crippen LogP contribution is -2.48. The fourth-order valence-corrected chi connectivity index (χ4v) is 5.33. The molecule has 0 unspecified atom stereocenters. The molecule has 0 saturated carbocycles. The van der Waals surface area contributed by atoms with Crippen LogP contribution in [0.3, 0.4) is 0 Å². The van der Waals surface area contributed by atoms with E-state index in [1.54, 1.807) is 7.05 Å². The number of benzene rings is 1. The standard InChI is InChI=1S/C22H34N4O/c1-3-25-10-8-18(9-11-25)24-19-14-21(22(27)23-2)26(15-19)20-12-16-6-4-5-7-17(16)13-20/h4-7,18-21,24H,3,8-15H2,1-2H3,(H,23,27)/t19-,21-/m0/s1. The minimum atomic E-state index is 0.00235. The molecule has 0 bridgehead atoms. The highest BCUT2D eigenvalue weighted by Gasteiger charge is 2.42. The van der Waals surface area contributed by atoms with Crippen molar-refractivity contribution < 1.29 is 4.79 Å². The van der Waals surface area contributed by atoms with Crippen LogP contribution in [0.4, 0.5) is 0 Å². The first kappa shape index (κ1) is 18.9. The summed E-state index contributed by atoms with van der Waals surface area (Å²) >= 11 is 0. The summed E-state index contributed by atoms with van der Waals surface area (Å²) in [5.74, 6) is 0.177. The Hall–Kier alpha value is -1.43. The molecule has 5 nitrogen and oxygen atoms in total. The molecular formula is C22H34N4O. The molecular weight excluding hydrogens is 336 g/mol. The minimum absolute atomic E-state index is 0.00235. The topological polar surface area (TPSA) is 47.6 Å². The van der Waals surface area contributed by atoms with E-state index in [0.717, 1.165) is 32.4 Å². The van der Waals surface area contributed by atoms with Crippen LogP contribution in [0.1, 0.15) is 37.3 Å². The normalized spacial score (nSPS) is 27.8. The van der Waals surface area contributed by atoms with Crippen LogP contribution in [0.2, 0.25) is 0 Å². The minimum Gasteiger partial charge on any atom is -0.358 e. The van der Waals surface area contributed by atoms with Gasteiger partial charge in [0, 0.05) is 31.7 Å². The van der Waals surface area contributed by atoms with Gasteiger partial charge in [-0.05, 0) is 62.9 Å². The fourth-order valence-electron chi connectivity index (χ4n) is 5.33. The van der Waals surface area contributed by atoms with Crippen LogP contribution in [0, 0.1) is 0 Å². The third-order valence-electron chi connectivity index (χ3n) is 6.89. The highest BCUT2D eigenvalue weighted by atomic mass is 16.2. The molecule has 0 aromatic heterocycles. The summed E-state index contributed by atoms with van der Waals surface area (Å²) in [4.78, 5) is 17.6. The molecule has 3 aliphatic rings. The van der Waals surface area contributed by atoms with Crippen molar-refractivity contribution in [2.45, 2.75) is 63.2 Å². The lowest BCUT2D eigenvalue weighted by atomic mass is 10.0. The molecule has 1 aromatic carbocycles. The lowest BCUT2D eigenvalue weighted by molar-refractivity contribution is -0.125. The molecule has 2 atom stereocenters. The number of carbonyl (C=O) groups excluding carboxylic acids is 1. The van der Waals surface area contributed by atoms with Crippen molar-refractivity contribution in [3.05, 3.63) is 35.4 Å². The third kappa shape index (κ3) is 4.05. The molecule has 2 heterocycles. The van der Waals surface area contributed by atoms with Crippen LogP contribution < -0.4 is 10.6 Å². The van der Waals surface area contributed by atoms with Gasteiger partial charge in [0.25, 0.3) is 0 Å². The SMILES string of the molecule is CCN1CCC(N[C@H]2C[C@@H](C(=O)NC)N(C3Cc4ccccc4C3)C2)CC1. The van der Waals surface area contributed by atoms with Crippen LogP contribution >= 0.6 is 0 Å². The lowest BCUT2D eigenvalue weighted by Gasteiger charge is -2.33. The monoisotopic (exact) mass is 370 g/mol. The predicted molar refractivity (Wildman–Crippen MR) is 109 cm³/mol. The van der Waals surface area contributed by atoms with Crippen molar-refractivity contribution in [3.63, 3.8) is 0 Å². The van der Waals surface area contributed by atoms with E-state index in [2.05, 4.69) is 51.6 Å². The van der Waals surface area contributed by atoms with Gasteiger partial charge in [-0.2, -0.15) is 0 Å². The van der Waals surface area contributed by atoms with E-state index in [9.17, 15) is 4.79 Å². The number of likely N-dealkylation sites (N-methyl/N-ethyl adjacent to an activating group) is 1. The van der Waals surface area contributed by atoms with Crippen molar-refractivity contribution in [2.75, 3.05) is 33.2 Å². The summed E-state index contributed by atoms with van der Waals surface area (Å²) in [7, 11) is 1.77. The van der Waals surface area contributed by atoms with E-state index in [1.165, 1.54) is 37.1 Å². The van der Waals surface area contributed by atoms with Crippen molar-refractivity contribution in [2.24, 2.45) is 0 Å². The summed E-state index contributed by atoms with van der Waals surface area (Å²) in [6.07, 6.45) is 5.53. The molecule has 1 amide bonds. The Morgan fingerprint density at radius 2 is 1.78 bits per heavy atom. The third-order valence-corrected chi connectivity index (χ3v) is 6.89. The zero-order chi connectivity index (χ0) is 18.8. The Morgan fingerprint density at radius 1 is 1.11 bits per heavy atom. The molecule has 0 spiro atoms. The van der Waals surface area contributed by atoms with Crippen LogP contribution in [0.15, 0.2) is 24.3 Å². The first-order valence-corrected chi connectivity index (χ1v) is 10.7. The number of nitrogens with one attached hydrogen (secondary N) is 2. The van der Waals surface area contributed by atoms with Crippen LogP contribution in [0.25, 0.3) is 0 Å². The number of carbonyl (C=O) groups is 1. The van der Waals surface area contributed by atoms with E-state index in [0.29, 0.717) is 18.1 Å². The maximum Gasteiger partial charge on any atom is 0.237 e. The molecule has 1 aromatic rings. The molecule has 148 valence electrons. The van der Waals surface area contributed by atoms with Gasteiger partial charge in [0.15, 0.2) is 0 Å². The molecule has 4 rings (SSSR count). The molecule has 0 radical (unpaired) electrons. The number of hydrogen-bond donors (Lipinski definition) is 2. The average Bonchev–Trinajstić information content (AvgIpc) is 3.32. The van der Waals surface area contributed by atoms with Crippen molar-refractivity contribution in [1.29, 1.82) is 0 Å². The highest BCUT2D eigenvalue weighted by Crippen LogP contribution is 2.31. The Kier molecular flexibility index (Phi) is 5.81. The zero-order valence-corrected chi connectivity index (χ0v) is 16.8. The van der Waals surface area contributed by atoms with Gasteiger partial charge >= 0.3 is 0 Å². The number of nitrogens with zero attached hydrogens (tertiary/aromatic N) is 2. The largest absolute Gasteiger partial charge is 0.358 e. The van der Waals surface area contributed by atoms with Crippen LogP contribution in [-0.4, -0.2) is 73.1 Å². The van der Waals surface area contributed by atoms with Gasteiger partial charge < -0.3 is 15.5 Å². The van der Waals surface area contributed by atoms with E-state index in [1.807, 2.05) is 0 Å². The molecule has 2 fully saturated rings. The maximum atomic E-state index is 12.6. The summed E-state index contributed by atoms with van der Waals surface area (Å²) < 4.78 is 0. The highest BCUT2D eigenvalue weighted by molar-refractivity contribution is 5.82. The Bertz CT molecular complexity index is 630. The van der Waals surface area contributed by atoms with Gasteiger partial charge in [-0.3, -0.25) is 9.69 Å². The maximum absolute atomic E-state index is 12.6. The molecule has 5 heteroatoms. The number of piperidine rings is 1. The van der Waals surface area contributed by atoms with E-state index >= 15 is 0 Å². The summed E-state index contributed by atoms with van der Waals surface area (Å²) in [5.41, 5.74) is 2.92. The first-order chi connectivity index (χ1) is 13.2. The smallest absolute Gasteiger partial charge is 0.237 e. The molecule has 2 aliphatic heterocycles. The van der Waals surface area contributed by atoms with E-state index < -0.39 is 0 Å².